The van der Waals surface area contributed by atoms with Crippen LogP contribution in [0.3, 0.4) is 0 Å². The summed E-state index contributed by atoms with van der Waals surface area (Å²) in [6, 6.07) is 0.630. The van der Waals surface area contributed by atoms with E-state index in [9.17, 15) is 4.79 Å². The maximum Gasteiger partial charge on any atom is 0.306 e. The number of carboxylic acids is 1. The van der Waals surface area contributed by atoms with E-state index in [1.165, 1.54) is 51.6 Å². The molecule has 1 saturated carbocycles. The third kappa shape index (κ3) is 3.97. The van der Waals surface area contributed by atoms with Crippen LogP contribution in [0, 0.1) is 11.3 Å². The highest BCUT2D eigenvalue weighted by Gasteiger charge is 2.43. The molecule has 20 heavy (non-hydrogen) atoms. The summed E-state index contributed by atoms with van der Waals surface area (Å²) >= 11 is 0. The minimum atomic E-state index is -0.654. The van der Waals surface area contributed by atoms with Crippen LogP contribution < -0.4 is 0 Å². The van der Waals surface area contributed by atoms with Gasteiger partial charge in [0.25, 0.3) is 0 Å². The lowest BCUT2D eigenvalue weighted by atomic mass is 9.72. The zero-order valence-electron chi connectivity index (χ0n) is 13.2. The van der Waals surface area contributed by atoms with Crippen molar-refractivity contribution < 1.29 is 9.90 Å². The number of aliphatic carboxylic acids is 1. The Kier molecular flexibility index (Phi) is 5.48. The summed E-state index contributed by atoms with van der Waals surface area (Å²) in [6.07, 6.45) is 11.6. The minimum Gasteiger partial charge on any atom is -0.481 e. The van der Waals surface area contributed by atoms with Crippen LogP contribution in [-0.2, 0) is 4.79 Å². The van der Waals surface area contributed by atoms with E-state index in [1.807, 2.05) is 6.92 Å². The zero-order chi connectivity index (χ0) is 14.6. The highest BCUT2D eigenvalue weighted by Crippen LogP contribution is 2.43. The lowest BCUT2D eigenvalue weighted by molar-refractivity contribution is -0.141. The number of carboxylic acid groups (broad SMARTS) is 1. The lowest BCUT2D eigenvalue weighted by Crippen LogP contribution is -2.58. The Balaban J connectivity index is 1.65. The van der Waals surface area contributed by atoms with Gasteiger partial charge in [0.1, 0.15) is 0 Å². The van der Waals surface area contributed by atoms with Crippen molar-refractivity contribution >= 4 is 5.97 Å². The molecule has 2 unspecified atom stereocenters. The maximum atomic E-state index is 10.8. The van der Waals surface area contributed by atoms with Crippen molar-refractivity contribution in [1.29, 1.82) is 0 Å². The predicted molar refractivity (Wildman–Crippen MR) is 81.8 cm³/mol. The Hall–Kier alpha value is -0.570. The van der Waals surface area contributed by atoms with Gasteiger partial charge in [0, 0.05) is 19.1 Å². The van der Waals surface area contributed by atoms with E-state index in [4.69, 9.17) is 5.11 Å². The first-order valence-corrected chi connectivity index (χ1v) is 8.49. The van der Waals surface area contributed by atoms with Crippen LogP contribution in [0.5, 0.6) is 0 Å². The highest BCUT2D eigenvalue weighted by molar-refractivity contribution is 5.69. The molecule has 116 valence electrons. The van der Waals surface area contributed by atoms with E-state index in [0.29, 0.717) is 11.5 Å². The van der Waals surface area contributed by atoms with Gasteiger partial charge in [-0.05, 0) is 38.0 Å². The van der Waals surface area contributed by atoms with Gasteiger partial charge in [0.15, 0.2) is 0 Å². The van der Waals surface area contributed by atoms with Crippen LogP contribution in [-0.4, -0.2) is 35.1 Å². The van der Waals surface area contributed by atoms with E-state index in [-0.39, 0.29) is 5.92 Å². The van der Waals surface area contributed by atoms with Crippen LogP contribution >= 0.6 is 0 Å². The SMILES string of the molecule is CC(CCCC(C)N1CC2(CCCCCC2)C1)C(=O)O. The fourth-order valence-electron chi connectivity index (χ4n) is 3.95. The van der Waals surface area contributed by atoms with Gasteiger partial charge in [-0.25, -0.2) is 0 Å². The molecule has 0 aromatic heterocycles. The number of rotatable bonds is 6. The average Bonchev–Trinajstić information content (AvgIpc) is 2.62. The van der Waals surface area contributed by atoms with Gasteiger partial charge in [0.2, 0.25) is 0 Å². The monoisotopic (exact) mass is 281 g/mol. The Morgan fingerprint density at radius 1 is 1.10 bits per heavy atom. The molecule has 1 saturated heterocycles. The number of carbonyl (C=O) groups is 1. The zero-order valence-corrected chi connectivity index (χ0v) is 13.2. The quantitative estimate of drug-likeness (QED) is 0.802. The molecule has 0 amide bonds. The topological polar surface area (TPSA) is 40.5 Å². The molecule has 3 heteroatoms. The Labute approximate surface area is 123 Å². The number of hydrogen-bond acceptors (Lipinski definition) is 2. The van der Waals surface area contributed by atoms with Gasteiger partial charge >= 0.3 is 5.97 Å². The molecular formula is C17H31NO2. The molecule has 1 heterocycles. The Morgan fingerprint density at radius 2 is 1.70 bits per heavy atom. The number of hydrogen-bond donors (Lipinski definition) is 1. The van der Waals surface area contributed by atoms with E-state index in [0.717, 1.165) is 19.3 Å². The van der Waals surface area contributed by atoms with Gasteiger partial charge in [-0.2, -0.15) is 0 Å². The average molecular weight is 281 g/mol. The molecule has 3 nitrogen and oxygen atoms in total. The lowest BCUT2D eigenvalue weighted by Gasteiger charge is -2.53. The van der Waals surface area contributed by atoms with Crippen molar-refractivity contribution in [2.24, 2.45) is 11.3 Å². The predicted octanol–water partition coefficient (Wildman–Crippen LogP) is 3.92. The summed E-state index contributed by atoms with van der Waals surface area (Å²) in [5, 5.41) is 8.90. The largest absolute Gasteiger partial charge is 0.481 e. The molecule has 0 bridgehead atoms. The van der Waals surface area contributed by atoms with Gasteiger partial charge in [-0.15, -0.1) is 0 Å². The number of likely N-dealkylation sites (tertiary alicyclic amines) is 1. The van der Waals surface area contributed by atoms with E-state index in [2.05, 4.69) is 11.8 Å². The minimum absolute atomic E-state index is 0.188. The highest BCUT2D eigenvalue weighted by atomic mass is 16.4. The van der Waals surface area contributed by atoms with Gasteiger partial charge in [0.05, 0.1) is 5.92 Å². The van der Waals surface area contributed by atoms with Crippen LogP contribution in [0.2, 0.25) is 0 Å². The third-order valence-corrected chi connectivity index (χ3v) is 5.55. The van der Waals surface area contributed by atoms with E-state index < -0.39 is 5.97 Å². The van der Waals surface area contributed by atoms with Crippen molar-refractivity contribution in [1.82, 2.24) is 4.90 Å². The first-order chi connectivity index (χ1) is 9.52. The first kappa shape index (κ1) is 15.8. The summed E-state index contributed by atoms with van der Waals surface area (Å²) in [5.74, 6) is -0.842. The van der Waals surface area contributed by atoms with Gasteiger partial charge in [-0.1, -0.05) is 39.0 Å². The van der Waals surface area contributed by atoms with Crippen molar-refractivity contribution in [2.45, 2.75) is 77.7 Å². The van der Waals surface area contributed by atoms with Crippen LogP contribution in [0.15, 0.2) is 0 Å². The molecule has 2 atom stereocenters. The second-order valence-corrected chi connectivity index (χ2v) is 7.34. The summed E-state index contributed by atoms with van der Waals surface area (Å²) in [7, 11) is 0. The van der Waals surface area contributed by atoms with Crippen molar-refractivity contribution in [3.05, 3.63) is 0 Å². The van der Waals surface area contributed by atoms with Gasteiger partial charge < -0.3 is 5.11 Å². The molecule has 2 aliphatic rings. The second kappa shape index (κ2) is 6.93. The molecule has 1 spiro atoms. The summed E-state index contributed by atoms with van der Waals surface area (Å²) in [4.78, 5) is 13.4. The first-order valence-electron chi connectivity index (χ1n) is 8.49. The van der Waals surface area contributed by atoms with Crippen LogP contribution in [0.25, 0.3) is 0 Å². The smallest absolute Gasteiger partial charge is 0.306 e. The Bertz CT molecular complexity index is 313. The molecule has 2 rings (SSSR count). The Morgan fingerprint density at radius 3 is 2.25 bits per heavy atom. The third-order valence-electron chi connectivity index (χ3n) is 5.55. The molecule has 1 aliphatic heterocycles. The van der Waals surface area contributed by atoms with Crippen LogP contribution in [0.4, 0.5) is 0 Å². The molecule has 1 aliphatic carbocycles. The van der Waals surface area contributed by atoms with Crippen LogP contribution in [0.1, 0.15) is 71.6 Å². The fraction of sp³-hybridized carbons (Fsp3) is 0.941. The standard InChI is InChI=1S/C17H31NO2/c1-14(16(19)20)8-7-9-15(2)18-12-17(13-18)10-5-3-4-6-11-17/h14-15H,3-13H2,1-2H3,(H,19,20). The molecule has 2 fully saturated rings. The summed E-state index contributed by atoms with van der Waals surface area (Å²) < 4.78 is 0. The van der Waals surface area contributed by atoms with Crippen molar-refractivity contribution in [3.8, 4) is 0 Å². The normalized spacial score (nSPS) is 25.7. The molecule has 1 N–H and O–H groups in total. The summed E-state index contributed by atoms with van der Waals surface area (Å²) in [6.45, 7) is 6.72. The molecule has 0 aromatic carbocycles. The van der Waals surface area contributed by atoms with E-state index >= 15 is 0 Å². The summed E-state index contributed by atoms with van der Waals surface area (Å²) in [5.41, 5.74) is 0.652. The molecular weight excluding hydrogens is 250 g/mol. The maximum absolute atomic E-state index is 10.8. The van der Waals surface area contributed by atoms with E-state index in [1.54, 1.807) is 0 Å². The van der Waals surface area contributed by atoms with Gasteiger partial charge in [-0.3, -0.25) is 9.69 Å². The molecule has 0 aromatic rings. The fourth-order valence-corrected chi connectivity index (χ4v) is 3.95. The van der Waals surface area contributed by atoms with Crippen molar-refractivity contribution in [2.75, 3.05) is 13.1 Å². The van der Waals surface area contributed by atoms with Crippen molar-refractivity contribution in [3.63, 3.8) is 0 Å². The number of nitrogens with zero attached hydrogens (tertiary/aromatic N) is 1. The second-order valence-electron chi connectivity index (χ2n) is 7.34. The molecule has 0 radical (unpaired) electrons.